The lowest BCUT2D eigenvalue weighted by Gasteiger charge is -2.10. The summed E-state index contributed by atoms with van der Waals surface area (Å²) in [5.74, 6) is 0.326. The van der Waals surface area contributed by atoms with Crippen LogP contribution >= 0.6 is 0 Å². The van der Waals surface area contributed by atoms with E-state index in [1.807, 2.05) is 6.07 Å². The highest BCUT2D eigenvalue weighted by atomic mass is 32.2. The Balaban J connectivity index is 2.40. The third-order valence-corrected chi connectivity index (χ3v) is 3.23. The summed E-state index contributed by atoms with van der Waals surface area (Å²) in [5, 5.41) is 0. The predicted molar refractivity (Wildman–Crippen MR) is 65.1 cm³/mol. The van der Waals surface area contributed by atoms with Gasteiger partial charge in [0.05, 0.1) is 0 Å². The first-order valence-corrected chi connectivity index (χ1v) is 6.51. The Morgan fingerprint density at radius 3 is 2.56 bits per heavy atom. The molecule has 1 amide bonds. The van der Waals surface area contributed by atoms with Crippen molar-refractivity contribution in [3.8, 4) is 0 Å². The predicted octanol–water partition coefficient (Wildman–Crippen LogP) is 2.26. The van der Waals surface area contributed by atoms with Crippen molar-refractivity contribution in [2.45, 2.75) is 31.6 Å². The Hall–Kier alpha value is -1.00. The second kappa shape index (κ2) is 6.55. The van der Waals surface area contributed by atoms with Gasteiger partial charge in [-0.15, -0.1) is 0 Å². The largest absolute Gasteiger partial charge is 0.588 e. The first-order valence-electron chi connectivity index (χ1n) is 5.36. The van der Waals surface area contributed by atoms with Gasteiger partial charge in [-0.25, -0.2) is 0 Å². The first kappa shape index (κ1) is 13.1. The number of carbonyl (C=O) groups is 1. The smallest absolute Gasteiger partial charge is 0.261 e. The summed E-state index contributed by atoms with van der Waals surface area (Å²) in [6.07, 6.45) is 1.24. The molecule has 0 saturated heterocycles. The summed E-state index contributed by atoms with van der Waals surface area (Å²) in [6.45, 7) is 4.11. The third kappa shape index (κ3) is 4.68. The van der Waals surface area contributed by atoms with Gasteiger partial charge in [0.1, 0.15) is 11.4 Å². The molecule has 1 aromatic carbocycles. The normalized spacial score (nSPS) is 12.5. The Kier molecular flexibility index (Phi) is 5.35. The maximum atomic E-state index is 11.7. The standard InChI is InChI=1S/C12H17NO2S/c1-10(2)8-9-12(14)13-16(15)11-6-4-3-5-7-11/h3-7,10H,8-9H2,1-2H3,(H,13,14)/t16-/m1/s1. The zero-order valence-corrected chi connectivity index (χ0v) is 10.4. The Morgan fingerprint density at radius 1 is 1.38 bits per heavy atom. The lowest BCUT2D eigenvalue weighted by molar-refractivity contribution is -0.119. The van der Waals surface area contributed by atoms with Crippen LogP contribution in [0.25, 0.3) is 0 Å². The number of carbonyl (C=O) groups excluding carboxylic acids is 1. The van der Waals surface area contributed by atoms with Crippen LogP contribution in [-0.2, 0) is 16.2 Å². The van der Waals surface area contributed by atoms with Crippen molar-refractivity contribution in [1.29, 1.82) is 0 Å². The Morgan fingerprint density at radius 2 is 2.00 bits per heavy atom. The highest BCUT2D eigenvalue weighted by molar-refractivity contribution is 7.90. The van der Waals surface area contributed by atoms with Crippen LogP contribution in [0.2, 0.25) is 0 Å². The molecule has 88 valence electrons. The average Bonchev–Trinajstić information content (AvgIpc) is 2.27. The summed E-state index contributed by atoms with van der Waals surface area (Å²) in [7, 11) is 0. The van der Waals surface area contributed by atoms with Crippen LogP contribution in [0.1, 0.15) is 26.7 Å². The van der Waals surface area contributed by atoms with Crippen LogP contribution < -0.4 is 4.72 Å². The Bertz CT molecular complexity index is 327. The topological polar surface area (TPSA) is 52.2 Å². The molecule has 1 rings (SSSR count). The molecular formula is C12H17NO2S. The number of rotatable bonds is 5. The van der Waals surface area contributed by atoms with Gasteiger partial charge in [-0.1, -0.05) is 32.0 Å². The number of hydrogen-bond acceptors (Lipinski definition) is 2. The number of hydrogen-bond donors (Lipinski definition) is 1. The lowest BCUT2D eigenvalue weighted by atomic mass is 10.1. The van der Waals surface area contributed by atoms with E-state index in [9.17, 15) is 9.35 Å². The van der Waals surface area contributed by atoms with E-state index in [1.54, 1.807) is 24.3 Å². The van der Waals surface area contributed by atoms with E-state index in [2.05, 4.69) is 18.6 Å². The lowest BCUT2D eigenvalue weighted by Crippen LogP contribution is -2.30. The monoisotopic (exact) mass is 239 g/mol. The van der Waals surface area contributed by atoms with Gasteiger partial charge < -0.3 is 4.55 Å². The molecule has 0 spiro atoms. The molecule has 0 fully saturated rings. The zero-order valence-electron chi connectivity index (χ0n) is 9.60. The molecule has 16 heavy (non-hydrogen) atoms. The van der Waals surface area contributed by atoms with Crippen molar-refractivity contribution in [3.05, 3.63) is 30.3 Å². The summed E-state index contributed by atoms with van der Waals surface area (Å²) in [5.41, 5.74) is 0. The number of nitrogens with one attached hydrogen (secondary N) is 1. The zero-order chi connectivity index (χ0) is 12.0. The van der Waals surface area contributed by atoms with Crippen LogP contribution in [0.15, 0.2) is 35.2 Å². The van der Waals surface area contributed by atoms with E-state index < -0.39 is 11.4 Å². The van der Waals surface area contributed by atoms with Gasteiger partial charge in [0.2, 0.25) is 0 Å². The maximum Gasteiger partial charge on any atom is 0.261 e. The van der Waals surface area contributed by atoms with E-state index in [1.165, 1.54) is 0 Å². The first-order chi connectivity index (χ1) is 7.59. The molecule has 0 aliphatic heterocycles. The number of benzene rings is 1. The summed E-state index contributed by atoms with van der Waals surface area (Å²) in [6, 6.07) is 8.92. The van der Waals surface area contributed by atoms with Crippen molar-refractivity contribution in [3.63, 3.8) is 0 Å². The molecule has 1 aromatic rings. The molecule has 0 aromatic heterocycles. The molecule has 0 saturated carbocycles. The second-order valence-electron chi connectivity index (χ2n) is 4.04. The van der Waals surface area contributed by atoms with Gasteiger partial charge >= 0.3 is 0 Å². The SMILES string of the molecule is CC(C)CCC(=O)N[S@+]([O-])c1ccccc1. The van der Waals surface area contributed by atoms with Gasteiger partial charge in [-0.3, -0.25) is 4.79 Å². The Labute approximate surface area is 99.6 Å². The van der Waals surface area contributed by atoms with E-state index in [4.69, 9.17) is 0 Å². The van der Waals surface area contributed by atoms with E-state index in [0.29, 0.717) is 17.2 Å². The molecular weight excluding hydrogens is 222 g/mol. The van der Waals surface area contributed by atoms with Crippen molar-refractivity contribution >= 4 is 17.3 Å². The molecule has 1 N–H and O–H groups in total. The fourth-order valence-electron chi connectivity index (χ4n) is 1.18. The minimum Gasteiger partial charge on any atom is -0.588 e. The quantitative estimate of drug-likeness (QED) is 0.801. The fourth-order valence-corrected chi connectivity index (χ4v) is 2.01. The van der Waals surface area contributed by atoms with Crippen LogP contribution in [0.5, 0.6) is 0 Å². The van der Waals surface area contributed by atoms with Gasteiger partial charge in [-0.05, 0) is 24.5 Å². The van der Waals surface area contributed by atoms with Gasteiger partial charge in [0, 0.05) is 6.42 Å². The second-order valence-corrected chi connectivity index (χ2v) is 5.25. The summed E-state index contributed by atoms with van der Waals surface area (Å²) < 4.78 is 14.2. The number of amides is 1. The molecule has 0 radical (unpaired) electrons. The molecule has 4 heteroatoms. The van der Waals surface area contributed by atoms with Crippen LogP contribution in [0.3, 0.4) is 0 Å². The van der Waals surface area contributed by atoms with Crippen molar-refractivity contribution in [2.24, 2.45) is 5.92 Å². The molecule has 0 aliphatic carbocycles. The van der Waals surface area contributed by atoms with Crippen LogP contribution in [-0.4, -0.2) is 10.5 Å². The third-order valence-electron chi connectivity index (χ3n) is 2.11. The van der Waals surface area contributed by atoms with E-state index >= 15 is 0 Å². The molecule has 1 atom stereocenters. The molecule has 0 bridgehead atoms. The van der Waals surface area contributed by atoms with Crippen LogP contribution in [0.4, 0.5) is 0 Å². The van der Waals surface area contributed by atoms with Crippen molar-refractivity contribution < 1.29 is 9.35 Å². The minimum atomic E-state index is -1.43. The van der Waals surface area contributed by atoms with Crippen molar-refractivity contribution in [2.75, 3.05) is 0 Å². The van der Waals surface area contributed by atoms with Crippen molar-refractivity contribution in [1.82, 2.24) is 4.72 Å². The molecule has 0 aliphatic rings. The highest BCUT2D eigenvalue weighted by Gasteiger charge is 2.14. The van der Waals surface area contributed by atoms with E-state index in [0.717, 1.165) is 6.42 Å². The van der Waals surface area contributed by atoms with Crippen LogP contribution in [0, 0.1) is 5.92 Å². The van der Waals surface area contributed by atoms with Gasteiger partial charge in [0.15, 0.2) is 4.90 Å². The summed E-state index contributed by atoms with van der Waals surface area (Å²) in [4.78, 5) is 12.1. The average molecular weight is 239 g/mol. The van der Waals surface area contributed by atoms with E-state index in [-0.39, 0.29) is 5.91 Å². The minimum absolute atomic E-state index is 0.157. The maximum absolute atomic E-state index is 11.7. The van der Waals surface area contributed by atoms with Gasteiger partial charge in [0.25, 0.3) is 5.91 Å². The summed E-state index contributed by atoms with van der Waals surface area (Å²) >= 11 is -1.43. The molecule has 0 heterocycles. The van der Waals surface area contributed by atoms with Gasteiger partial charge in [-0.2, -0.15) is 4.72 Å². The molecule has 0 unspecified atom stereocenters. The molecule has 3 nitrogen and oxygen atoms in total. The highest BCUT2D eigenvalue weighted by Crippen LogP contribution is 2.08. The fraction of sp³-hybridized carbons (Fsp3) is 0.417.